The molecule has 1 aromatic rings. The number of hydrogen-bond acceptors (Lipinski definition) is 4. The molecule has 1 rings (SSSR count). The normalized spacial score (nSPS) is 10.8. The zero-order chi connectivity index (χ0) is 12.0. The summed E-state index contributed by atoms with van der Waals surface area (Å²) in [5, 5.41) is 0. The van der Waals surface area contributed by atoms with Crippen molar-refractivity contribution >= 4 is 5.69 Å². The lowest BCUT2D eigenvalue weighted by Gasteiger charge is -2.17. The number of likely N-dealkylation sites (N-methyl/N-ethyl adjacent to an activating group) is 1. The number of nitrogen functional groups attached to an aromatic ring is 1. The Morgan fingerprint density at radius 3 is 2.62 bits per heavy atom. The Balaban J connectivity index is 2.40. The molecule has 0 aromatic carbocycles. The van der Waals surface area contributed by atoms with Crippen LogP contribution in [0.3, 0.4) is 0 Å². The van der Waals surface area contributed by atoms with Crippen molar-refractivity contribution < 1.29 is 4.74 Å². The molecule has 1 aromatic heterocycles. The van der Waals surface area contributed by atoms with Crippen LogP contribution in [0.25, 0.3) is 0 Å². The van der Waals surface area contributed by atoms with Gasteiger partial charge in [0.2, 0.25) is 5.88 Å². The zero-order valence-electron chi connectivity index (χ0n) is 10.4. The molecule has 0 atom stereocenters. The third-order valence-electron chi connectivity index (χ3n) is 2.68. The molecule has 0 aliphatic heterocycles. The number of nitrogens with zero attached hydrogens (tertiary/aromatic N) is 2. The molecule has 0 amide bonds. The van der Waals surface area contributed by atoms with Crippen molar-refractivity contribution in [3.8, 4) is 5.88 Å². The highest BCUT2D eigenvalue weighted by Crippen LogP contribution is 2.14. The lowest BCUT2D eigenvalue weighted by molar-refractivity contribution is 0.218. The van der Waals surface area contributed by atoms with Gasteiger partial charge >= 0.3 is 0 Å². The number of hydrogen-bond donors (Lipinski definition) is 1. The molecule has 0 aliphatic carbocycles. The van der Waals surface area contributed by atoms with E-state index in [0.29, 0.717) is 18.2 Å². The molecular weight excluding hydrogens is 202 g/mol. The van der Waals surface area contributed by atoms with Crippen LogP contribution in [0.4, 0.5) is 5.69 Å². The maximum absolute atomic E-state index is 5.68. The Kier molecular flexibility index (Phi) is 5.05. The van der Waals surface area contributed by atoms with Gasteiger partial charge in [0.1, 0.15) is 6.61 Å². The van der Waals surface area contributed by atoms with Crippen LogP contribution in [0.15, 0.2) is 12.3 Å². The zero-order valence-corrected chi connectivity index (χ0v) is 10.4. The molecule has 1 heterocycles. The number of aryl methyl sites for hydroxylation is 1. The van der Waals surface area contributed by atoms with Gasteiger partial charge in [-0.15, -0.1) is 0 Å². The maximum Gasteiger partial charge on any atom is 0.213 e. The molecule has 2 N–H and O–H groups in total. The van der Waals surface area contributed by atoms with E-state index >= 15 is 0 Å². The van der Waals surface area contributed by atoms with Crippen LogP contribution >= 0.6 is 0 Å². The van der Waals surface area contributed by atoms with Crippen molar-refractivity contribution in [2.24, 2.45) is 0 Å². The van der Waals surface area contributed by atoms with Gasteiger partial charge in [0.05, 0.1) is 11.9 Å². The van der Waals surface area contributed by atoms with Crippen molar-refractivity contribution in [3.05, 3.63) is 17.8 Å². The summed E-state index contributed by atoms with van der Waals surface area (Å²) in [4.78, 5) is 6.43. The number of nitrogens with two attached hydrogens (primary N) is 1. The van der Waals surface area contributed by atoms with E-state index in [1.54, 1.807) is 6.20 Å². The van der Waals surface area contributed by atoms with Gasteiger partial charge < -0.3 is 15.4 Å². The van der Waals surface area contributed by atoms with E-state index in [1.807, 2.05) is 13.0 Å². The predicted octanol–water partition coefficient (Wildman–Crippen LogP) is 1.69. The smallest absolute Gasteiger partial charge is 0.213 e. The van der Waals surface area contributed by atoms with Crippen molar-refractivity contribution in [1.82, 2.24) is 9.88 Å². The lowest BCUT2D eigenvalue weighted by Crippen LogP contribution is -2.28. The molecule has 0 saturated heterocycles. The number of rotatable bonds is 6. The van der Waals surface area contributed by atoms with Crippen LogP contribution < -0.4 is 10.5 Å². The van der Waals surface area contributed by atoms with E-state index in [0.717, 1.165) is 25.2 Å². The van der Waals surface area contributed by atoms with Crippen LogP contribution in [0, 0.1) is 6.92 Å². The van der Waals surface area contributed by atoms with Crippen molar-refractivity contribution in [2.45, 2.75) is 20.8 Å². The number of pyridine rings is 1. The number of anilines is 1. The Morgan fingerprint density at radius 2 is 2.06 bits per heavy atom. The van der Waals surface area contributed by atoms with Gasteiger partial charge in [0.15, 0.2) is 0 Å². The first kappa shape index (κ1) is 12.8. The highest BCUT2D eigenvalue weighted by Gasteiger charge is 2.01. The summed E-state index contributed by atoms with van der Waals surface area (Å²) in [7, 11) is 0. The average molecular weight is 223 g/mol. The van der Waals surface area contributed by atoms with Crippen LogP contribution in [-0.4, -0.2) is 36.1 Å². The number of ether oxygens (including phenoxy) is 1. The minimum Gasteiger partial charge on any atom is -0.476 e. The summed E-state index contributed by atoms with van der Waals surface area (Å²) in [6, 6.07) is 1.87. The Hall–Kier alpha value is -1.29. The first-order valence-corrected chi connectivity index (χ1v) is 5.74. The Labute approximate surface area is 97.4 Å². The van der Waals surface area contributed by atoms with E-state index in [1.165, 1.54) is 0 Å². The molecule has 0 aliphatic rings. The van der Waals surface area contributed by atoms with E-state index in [9.17, 15) is 0 Å². The van der Waals surface area contributed by atoms with Crippen molar-refractivity contribution in [2.75, 3.05) is 32.0 Å². The van der Waals surface area contributed by atoms with Gasteiger partial charge in [0.25, 0.3) is 0 Å². The topological polar surface area (TPSA) is 51.4 Å². The van der Waals surface area contributed by atoms with Gasteiger partial charge in [0, 0.05) is 12.6 Å². The first-order chi connectivity index (χ1) is 7.67. The van der Waals surface area contributed by atoms with Gasteiger partial charge in [-0.3, -0.25) is 0 Å². The fourth-order valence-electron chi connectivity index (χ4n) is 1.44. The molecule has 0 spiro atoms. The second kappa shape index (κ2) is 6.33. The fraction of sp³-hybridized carbons (Fsp3) is 0.583. The summed E-state index contributed by atoms with van der Waals surface area (Å²) in [5.41, 5.74) is 7.39. The second-order valence-electron chi connectivity index (χ2n) is 3.75. The summed E-state index contributed by atoms with van der Waals surface area (Å²) < 4.78 is 5.57. The summed E-state index contributed by atoms with van der Waals surface area (Å²) in [6.45, 7) is 9.94. The molecule has 90 valence electrons. The fourth-order valence-corrected chi connectivity index (χ4v) is 1.44. The van der Waals surface area contributed by atoms with Crippen molar-refractivity contribution in [3.63, 3.8) is 0 Å². The number of aromatic nitrogens is 1. The minimum atomic E-state index is 0.652. The molecular formula is C12H21N3O. The highest BCUT2D eigenvalue weighted by molar-refractivity contribution is 5.45. The maximum atomic E-state index is 5.68. The van der Waals surface area contributed by atoms with E-state index in [4.69, 9.17) is 10.5 Å². The minimum absolute atomic E-state index is 0.652. The van der Waals surface area contributed by atoms with Crippen LogP contribution in [-0.2, 0) is 0 Å². The first-order valence-electron chi connectivity index (χ1n) is 5.74. The van der Waals surface area contributed by atoms with Crippen molar-refractivity contribution in [1.29, 1.82) is 0 Å². The predicted molar refractivity (Wildman–Crippen MR) is 66.7 cm³/mol. The second-order valence-corrected chi connectivity index (χ2v) is 3.75. The average Bonchev–Trinajstić information content (AvgIpc) is 2.29. The molecule has 0 radical (unpaired) electrons. The molecule has 0 unspecified atom stereocenters. The highest BCUT2D eigenvalue weighted by atomic mass is 16.5. The van der Waals surface area contributed by atoms with E-state index in [2.05, 4.69) is 23.7 Å². The molecule has 0 bridgehead atoms. The van der Waals surface area contributed by atoms with Gasteiger partial charge in [-0.2, -0.15) is 0 Å². The van der Waals surface area contributed by atoms with Gasteiger partial charge in [-0.05, 0) is 25.6 Å². The summed E-state index contributed by atoms with van der Waals surface area (Å²) in [5.74, 6) is 0.652. The van der Waals surface area contributed by atoms with E-state index < -0.39 is 0 Å². The quantitative estimate of drug-likeness (QED) is 0.797. The van der Waals surface area contributed by atoms with Gasteiger partial charge in [-0.1, -0.05) is 13.8 Å². The monoisotopic (exact) mass is 223 g/mol. The molecule has 16 heavy (non-hydrogen) atoms. The summed E-state index contributed by atoms with van der Waals surface area (Å²) in [6.07, 6.45) is 1.64. The third-order valence-corrected chi connectivity index (χ3v) is 2.68. The van der Waals surface area contributed by atoms with Gasteiger partial charge in [-0.25, -0.2) is 4.98 Å². The third kappa shape index (κ3) is 3.70. The summed E-state index contributed by atoms with van der Waals surface area (Å²) >= 11 is 0. The molecule has 0 saturated carbocycles. The largest absolute Gasteiger partial charge is 0.476 e. The molecule has 4 nitrogen and oxygen atoms in total. The lowest BCUT2D eigenvalue weighted by atomic mass is 10.2. The van der Waals surface area contributed by atoms with Crippen LogP contribution in [0.1, 0.15) is 19.4 Å². The van der Waals surface area contributed by atoms with Crippen LogP contribution in [0.5, 0.6) is 5.88 Å². The van der Waals surface area contributed by atoms with Crippen LogP contribution in [0.2, 0.25) is 0 Å². The standard InChI is InChI=1S/C12H21N3O/c1-4-15(5-2)6-7-16-12-8-10(3)11(13)9-14-12/h8-9H,4-7,13H2,1-3H3. The molecule has 0 fully saturated rings. The Bertz CT molecular complexity index is 324. The SMILES string of the molecule is CCN(CC)CCOc1cc(C)c(N)cn1. The molecule has 4 heteroatoms. The Morgan fingerprint density at radius 1 is 1.38 bits per heavy atom. The van der Waals surface area contributed by atoms with E-state index in [-0.39, 0.29) is 0 Å².